The number of benzene rings is 1. The summed E-state index contributed by atoms with van der Waals surface area (Å²) in [6, 6.07) is 7.79. The number of methoxy groups -OCH3 is 1. The fraction of sp³-hybridized carbons (Fsp3) is 0.650. The van der Waals surface area contributed by atoms with Crippen molar-refractivity contribution >= 4 is 14.3 Å². The van der Waals surface area contributed by atoms with Crippen molar-refractivity contribution in [3.63, 3.8) is 0 Å². The maximum absolute atomic E-state index is 12.4. The molecule has 2 saturated heterocycles. The lowest BCUT2D eigenvalue weighted by Gasteiger charge is -2.39. The van der Waals surface area contributed by atoms with Gasteiger partial charge in [-0.2, -0.15) is 0 Å². The van der Waals surface area contributed by atoms with Crippen molar-refractivity contribution in [2.45, 2.75) is 69.9 Å². The van der Waals surface area contributed by atoms with Crippen LogP contribution in [-0.2, 0) is 29.9 Å². The van der Waals surface area contributed by atoms with E-state index in [4.69, 9.17) is 23.4 Å². The third-order valence-corrected chi connectivity index (χ3v) is 10.2. The van der Waals surface area contributed by atoms with Crippen molar-refractivity contribution in [3.8, 4) is 5.75 Å². The second-order valence-electron chi connectivity index (χ2n) is 8.69. The molecule has 1 aromatic carbocycles. The molecule has 0 bridgehead atoms. The summed E-state index contributed by atoms with van der Waals surface area (Å²) in [7, 11) is -0.489. The van der Waals surface area contributed by atoms with E-state index < -0.39 is 32.9 Å². The fourth-order valence-electron chi connectivity index (χ4n) is 2.99. The van der Waals surface area contributed by atoms with Crippen LogP contribution in [0.4, 0.5) is 0 Å². The van der Waals surface area contributed by atoms with E-state index in [1.54, 1.807) is 7.11 Å². The van der Waals surface area contributed by atoms with Gasteiger partial charge in [-0.05, 0) is 35.8 Å². The number of hydrogen-bond donors (Lipinski definition) is 0. The van der Waals surface area contributed by atoms with Gasteiger partial charge in [0.25, 0.3) is 0 Å². The van der Waals surface area contributed by atoms with Crippen LogP contribution in [0.25, 0.3) is 0 Å². The van der Waals surface area contributed by atoms with Crippen LogP contribution in [0, 0.1) is 0 Å². The minimum Gasteiger partial charge on any atom is -0.497 e. The van der Waals surface area contributed by atoms with Gasteiger partial charge in [0, 0.05) is 6.42 Å². The predicted octanol–water partition coefficient (Wildman–Crippen LogP) is 3.30. The van der Waals surface area contributed by atoms with Crippen molar-refractivity contribution in [3.05, 3.63) is 29.8 Å². The zero-order valence-corrected chi connectivity index (χ0v) is 18.0. The molecule has 2 aliphatic rings. The molecule has 0 N–H and O–H groups in total. The molecule has 0 spiro atoms. The molecule has 7 heteroatoms. The molecule has 2 heterocycles. The summed E-state index contributed by atoms with van der Waals surface area (Å²) >= 11 is 0. The molecule has 27 heavy (non-hydrogen) atoms. The summed E-state index contributed by atoms with van der Waals surface area (Å²) in [6.45, 7) is 11.0. The summed E-state index contributed by atoms with van der Waals surface area (Å²) in [4.78, 5) is 12.4. The molecule has 0 radical (unpaired) electrons. The lowest BCUT2D eigenvalue weighted by Crippen LogP contribution is -2.52. The molecular weight excluding hydrogens is 364 g/mol. The number of rotatable bonds is 5. The monoisotopic (exact) mass is 394 g/mol. The van der Waals surface area contributed by atoms with Gasteiger partial charge in [0.15, 0.2) is 26.8 Å². The molecule has 3 rings (SSSR count). The lowest BCUT2D eigenvalue weighted by molar-refractivity contribution is -0.245. The van der Waals surface area contributed by atoms with Crippen molar-refractivity contribution in [2.24, 2.45) is 0 Å². The highest BCUT2D eigenvalue weighted by molar-refractivity contribution is 6.74. The Bertz CT molecular complexity index is 666. The molecule has 1 aromatic rings. The standard InChI is InChI=1S/C20H30O6Si/c1-20(2,3)27(5,6)26-18-17-15(24-19(18)21)12-23-16(25-17)11-13-7-9-14(22-4)10-8-13/h7-10,15-18H,11-12H2,1-6H3/t15-,16-,17-,18-/m1/s1. The molecule has 0 aromatic heterocycles. The van der Waals surface area contributed by atoms with Gasteiger partial charge in [0.05, 0.1) is 13.7 Å². The number of esters is 1. The Morgan fingerprint density at radius 3 is 2.44 bits per heavy atom. The lowest BCUT2D eigenvalue weighted by atomic mass is 10.1. The minimum absolute atomic E-state index is 0.000963. The molecule has 2 aliphatic heterocycles. The Balaban J connectivity index is 1.68. The number of hydrogen-bond acceptors (Lipinski definition) is 6. The van der Waals surface area contributed by atoms with Gasteiger partial charge >= 0.3 is 5.97 Å². The van der Waals surface area contributed by atoms with Crippen LogP contribution < -0.4 is 4.74 Å². The number of ether oxygens (including phenoxy) is 4. The first-order chi connectivity index (χ1) is 12.6. The summed E-state index contributed by atoms with van der Waals surface area (Å²) in [6.07, 6.45) is -1.35. The Morgan fingerprint density at radius 2 is 1.85 bits per heavy atom. The van der Waals surface area contributed by atoms with Crippen LogP contribution in [0.3, 0.4) is 0 Å². The zero-order chi connectivity index (χ0) is 19.8. The SMILES string of the molecule is COc1ccc(C[C@@H]2OC[C@H]3OC(=O)[C@H](O[Si](C)(C)C(C)(C)C)[C@@H]3O2)cc1. The van der Waals surface area contributed by atoms with E-state index in [9.17, 15) is 4.79 Å². The second kappa shape index (κ2) is 7.54. The molecule has 6 nitrogen and oxygen atoms in total. The number of carbonyl (C=O) groups is 1. The first-order valence-corrected chi connectivity index (χ1v) is 12.3. The molecule has 150 valence electrons. The van der Waals surface area contributed by atoms with Crippen LogP contribution >= 0.6 is 0 Å². The third-order valence-electron chi connectivity index (χ3n) is 5.71. The Morgan fingerprint density at radius 1 is 1.19 bits per heavy atom. The van der Waals surface area contributed by atoms with E-state index in [1.807, 2.05) is 24.3 Å². The first kappa shape index (κ1) is 20.3. The average Bonchev–Trinajstić information content (AvgIpc) is 2.89. The zero-order valence-electron chi connectivity index (χ0n) is 17.0. The van der Waals surface area contributed by atoms with E-state index in [1.165, 1.54) is 0 Å². The van der Waals surface area contributed by atoms with Gasteiger partial charge < -0.3 is 23.4 Å². The molecule has 4 atom stereocenters. The molecule has 2 fully saturated rings. The van der Waals surface area contributed by atoms with E-state index in [0.717, 1.165) is 11.3 Å². The molecule has 0 amide bonds. The van der Waals surface area contributed by atoms with Gasteiger partial charge in [-0.25, -0.2) is 4.79 Å². The highest BCUT2D eigenvalue weighted by atomic mass is 28.4. The maximum atomic E-state index is 12.4. The predicted molar refractivity (Wildman–Crippen MR) is 103 cm³/mol. The van der Waals surface area contributed by atoms with Crippen molar-refractivity contribution in [1.82, 2.24) is 0 Å². The number of carbonyl (C=O) groups excluding carboxylic acids is 1. The van der Waals surface area contributed by atoms with E-state index in [0.29, 0.717) is 13.0 Å². The average molecular weight is 395 g/mol. The summed E-state index contributed by atoms with van der Waals surface area (Å²) < 4.78 is 28.9. The highest BCUT2D eigenvalue weighted by Gasteiger charge is 2.53. The molecule has 0 unspecified atom stereocenters. The smallest absolute Gasteiger partial charge is 0.337 e. The Kier molecular flexibility index (Phi) is 5.68. The van der Waals surface area contributed by atoms with Crippen LogP contribution in [0.2, 0.25) is 18.1 Å². The van der Waals surface area contributed by atoms with Crippen LogP contribution in [0.15, 0.2) is 24.3 Å². The Hall–Kier alpha value is -1.41. The largest absolute Gasteiger partial charge is 0.497 e. The van der Waals surface area contributed by atoms with Crippen molar-refractivity contribution < 1.29 is 28.2 Å². The summed E-state index contributed by atoms with van der Waals surface area (Å²) in [5.74, 6) is 0.463. The van der Waals surface area contributed by atoms with Gasteiger partial charge in [-0.3, -0.25) is 0 Å². The van der Waals surface area contributed by atoms with E-state index in [2.05, 4.69) is 33.9 Å². The highest BCUT2D eigenvalue weighted by Crippen LogP contribution is 2.40. The topological polar surface area (TPSA) is 63.2 Å². The van der Waals surface area contributed by atoms with Gasteiger partial charge in [-0.1, -0.05) is 32.9 Å². The molecular formula is C20H30O6Si. The van der Waals surface area contributed by atoms with Crippen LogP contribution in [-0.4, -0.2) is 52.6 Å². The van der Waals surface area contributed by atoms with Crippen LogP contribution in [0.1, 0.15) is 26.3 Å². The summed E-state index contributed by atoms with van der Waals surface area (Å²) in [5.41, 5.74) is 1.08. The maximum Gasteiger partial charge on any atom is 0.337 e. The Labute approximate surface area is 162 Å². The van der Waals surface area contributed by atoms with E-state index >= 15 is 0 Å². The third kappa shape index (κ3) is 4.37. The minimum atomic E-state index is -2.13. The van der Waals surface area contributed by atoms with Crippen LogP contribution in [0.5, 0.6) is 5.75 Å². The van der Waals surface area contributed by atoms with Crippen molar-refractivity contribution in [2.75, 3.05) is 13.7 Å². The summed E-state index contributed by atoms with van der Waals surface area (Å²) in [5, 5.41) is -0.000963. The normalized spacial score (nSPS) is 28.6. The fourth-order valence-corrected chi connectivity index (χ4v) is 4.21. The first-order valence-electron chi connectivity index (χ1n) is 9.39. The second-order valence-corrected chi connectivity index (χ2v) is 13.4. The molecule has 0 saturated carbocycles. The number of fused-ring (bicyclic) bond motifs is 1. The molecule has 0 aliphatic carbocycles. The van der Waals surface area contributed by atoms with Gasteiger partial charge in [0.2, 0.25) is 0 Å². The van der Waals surface area contributed by atoms with E-state index in [-0.39, 0.29) is 11.0 Å². The van der Waals surface area contributed by atoms with Gasteiger partial charge in [-0.15, -0.1) is 0 Å². The van der Waals surface area contributed by atoms with Crippen molar-refractivity contribution in [1.29, 1.82) is 0 Å². The quantitative estimate of drug-likeness (QED) is 0.564. The van der Waals surface area contributed by atoms with Gasteiger partial charge in [0.1, 0.15) is 11.9 Å².